The molecule has 1 rings (SSSR count). The first-order valence-electron chi connectivity index (χ1n) is 7.16. The number of hydrogen-bond donors (Lipinski definition) is 2. The first-order valence-corrected chi connectivity index (χ1v) is 7.16. The maximum absolute atomic E-state index is 9.03. The molecular formula is C14H29NO. The minimum atomic E-state index is 0.341. The minimum Gasteiger partial charge on any atom is -0.396 e. The van der Waals surface area contributed by atoms with Gasteiger partial charge in [-0.2, -0.15) is 0 Å². The third-order valence-corrected chi connectivity index (χ3v) is 3.69. The SMILES string of the molecule is CCCC(CCO)CNC(CCC)C1CC1. The number of aliphatic hydroxyl groups excluding tert-OH is 1. The number of aliphatic hydroxyl groups is 1. The molecule has 0 heterocycles. The summed E-state index contributed by atoms with van der Waals surface area (Å²) in [6, 6.07) is 0.753. The highest BCUT2D eigenvalue weighted by Gasteiger charge is 2.30. The van der Waals surface area contributed by atoms with Crippen LogP contribution in [0.4, 0.5) is 0 Å². The maximum Gasteiger partial charge on any atom is 0.0434 e. The zero-order valence-corrected chi connectivity index (χ0v) is 11.0. The molecule has 0 amide bonds. The molecule has 2 heteroatoms. The minimum absolute atomic E-state index is 0.341. The van der Waals surface area contributed by atoms with Crippen LogP contribution in [0.5, 0.6) is 0 Å². The highest BCUT2D eigenvalue weighted by atomic mass is 16.3. The van der Waals surface area contributed by atoms with Crippen LogP contribution in [0.15, 0.2) is 0 Å². The van der Waals surface area contributed by atoms with Crippen molar-refractivity contribution in [3.05, 3.63) is 0 Å². The standard InChI is InChI=1S/C14H29NO/c1-3-5-12(9-10-16)11-15-14(6-4-2)13-7-8-13/h12-16H,3-11H2,1-2H3. The molecule has 2 unspecified atom stereocenters. The highest BCUT2D eigenvalue weighted by Crippen LogP contribution is 2.34. The van der Waals surface area contributed by atoms with Crippen molar-refractivity contribution in [3.8, 4) is 0 Å². The van der Waals surface area contributed by atoms with E-state index < -0.39 is 0 Å². The van der Waals surface area contributed by atoms with Gasteiger partial charge in [-0.15, -0.1) is 0 Å². The normalized spacial score (nSPS) is 19.7. The van der Waals surface area contributed by atoms with Crippen LogP contribution in [-0.2, 0) is 0 Å². The van der Waals surface area contributed by atoms with Gasteiger partial charge in [-0.05, 0) is 50.5 Å². The molecule has 2 nitrogen and oxygen atoms in total. The van der Waals surface area contributed by atoms with Crippen molar-refractivity contribution in [3.63, 3.8) is 0 Å². The van der Waals surface area contributed by atoms with Gasteiger partial charge in [0.1, 0.15) is 0 Å². The van der Waals surface area contributed by atoms with Crippen LogP contribution < -0.4 is 5.32 Å². The molecule has 1 fully saturated rings. The zero-order chi connectivity index (χ0) is 11.8. The molecule has 0 spiro atoms. The van der Waals surface area contributed by atoms with Gasteiger partial charge in [0.15, 0.2) is 0 Å². The van der Waals surface area contributed by atoms with E-state index in [1.165, 1.54) is 38.5 Å². The smallest absolute Gasteiger partial charge is 0.0434 e. The van der Waals surface area contributed by atoms with Crippen molar-refractivity contribution in [2.45, 2.75) is 64.8 Å². The Hall–Kier alpha value is -0.0800. The van der Waals surface area contributed by atoms with E-state index in [0.29, 0.717) is 12.5 Å². The lowest BCUT2D eigenvalue weighted by Gasteiger charge is -2.22. The van der Waals surface area contributed by atoms with Crippen molar-refractivity contribution in [2.24, 2.45) is 11.8 Å². The van der Waals surface area contributed by atoms with Gasteiger partial charge in [-0.25, -0.2) is 0 Å². The molecule has 0 aromatic rings. The Morgan fingerprint density at radius 3 is 2.31 bits per heavy atom. The fourth-order valence-electron chi connectivity index (χ4n) is 2.57. The largest absolute Gasteiger partial charge is 0.396 e. The van der Waals surface area contributed by atoms with E-state index in [1.807, 2.05) is 0 Å². The van der Waals surface area contributed by atoms with Gasteiger partial charge in [0.2, 0.25) is 0 Å². The molecule has 1 aliphatic carbocycles. The Labute approximate surface area is 101 Å². The summed E-state index contributed by atoms with van der Waals surface area (Å²) in [5, 5.41) is 12.8. The van der Waals surface area contributed by atoms with E-state index in [1.54, 1.807) is 0 Å². The average Bonchev–Trinajstić information content (AvgIpc) is 3.08. The van der Waals surface area contributed by atoms with Gasteiger partial charge in [0.25, 0.3) is 0 Å². The molecule has 16 heavy (non-hydrogen) atoms. The Bertz CT molecular complexity index is 162. The lowest BCUT2D eigenvalue weighted by atomic mass is 9.98. The molecule has 0 bridgehead atoms. The molecule has 0 radical (unpaired) electrons. The predicted molar refractivity (Wildman–Crippen MR) is 69.5 cm³/mol. The molecule has 1 aliphatic rings. The summed E-state index contributed by atoms with van der Waals surface area (Å²) < 4.78 is 0. The van der Waals surface area contributed by atoms with Gasteiger partial charge >= 0.3 is 0 Å². The maximum atomic E-state index is 9.03. The third-order valence-electron chi connectivity index (χ3n) is 3.69. The molecule has 2 atom stereocenters. The third kappa shape index (κ3) is 5.31. The summed E-state index contributed by atoms with van der Waals surface area (Å²) in [5.41, 5.74) is 0. The van der Waals surface area contributed by atoms with Gasteiger partial charge in [-0.3, -0.25) is 0 Å². The van der Waals surface area contributed by atoms with Crippen molar-refractivity contribution in [2.75, 3.05) is 13.2 Å². The second-order valence-corrected chi connectivity index (χ2v) is 5.31. The van der Waals surface area contributed by atoms with E-state index in [4.69, 9.17) is 5.11 Å². The summed E-state index contributed by atoms with van der Waals surface area (Å²) in [6.45, 7) is 5.95. The van der Waals surface area contributed by atoms with Crippen LogP contribution in [-0.4, -0.2) is 24.3 Å². The summed E-state index contributed by atoms with van der Waals surface area (Å²) >= 11 is 0. The van der Waals surface area contributed by atoms with E-state index in [0.717, 1.165) is 24.9 Å². The Morgan fingerprint density at radius 2 is 1.81 bits per heavy atom. The Kier molecular flexibility index (Phi) is 7.06. The van der Waals surface area contributed by atoms with Crippen LogP contribution in [0, 0.1) is 11.8 Å². The number of hydrogen-bond acceptors (Lipinski definition) is 2. The van der Waals surface area contributed by atoms with E-state index in [9.17, 15) is 0 Å². The van der Waals surface area contributed by atoms with Crippen LogP contribution in [0.1, 0.15) is 58.8 Å². The lowest BCUT2D eigenvalue weighted by Crippen LogP contribution is -2.35. The van der Waals surface area contributed by atoms with Crippen molar-refractivity contribution >= 4 is 0 Å². The molecule has 0 aromatic heterocycles. The number of rotatable bonds is 10. The topological polar surface area (TPSA) is 32.3 Å². The van der Waals surface area contributed by atoms with Crippen LogP contribution in [0.2, 0.25) is 0 Å². The van der Waals surface area contributed by atoms with Gasteiger partial charge in [0, 0.05) is 12.6 Å². The highest BCUT2D eigenvalue weighted by molar-refractivity contribution is 4.86. The average molecular weight is 227 g/mol. The summed E-state index contributed by atoms with van der Waals surface area (Å²) in [6.07, 6.45) is 8.90. The molecule has 0 saturated heterocycles. The zero-order valence-electron chi connectivity index (χ0n) is 11.0. The first-order chi connectivity index (χ1) is 7.81. The van der Waals surface area contributed by atoms with Crippen molar-refractivity contribution in [1.29, 1.82) is 0 Å². The lowest BCUT2D eigenvalue weighted by molar-refractivity contribution is 0.242. The number of nitrogens with one attached hydrogen (secondary N) is 1. The van der Waals surface area contributed by atoms with E-state index in [2.05, 4.69) is 19.2 Å². The fourth-order valence-corrected chi connectivity index (χ4v) is 2.57. The van der Waals surface area contributed by atoms with Gasteiger partial charge in [0.05, 0.1) is 0 Å². The molecule has 1 saturated carbocycles. The molecular weight excluding hydrogens is 198 g/mol. The molecule has 0 aromatic carbocycles. The van der Waals surface area contributed by atoms with Gasteiger partial charge in [-0.1, -0.05) is 26.7 Å². The second-order valence-electron chi connectivity index (χ2n) is 5.31. The molecule has 2 N–H and O–H groups in total. The second kappa shape index (κ2) is 8.08. The summed E-state index contributed by atoms with van der Waals surface area (Å²) in [7, 11) is 0. The Balaban J connectivity index is 2.21. The van der Waals surface area contributed by atoms with Gasteiger partial charge < -0.3 is 10.4 Å². The van der Waals surface area contributed by atoms with Crippen LogP contribution in [0.25, 0.3) is 0 Å². The van der Waals surface area contributed by atoms with Crippen molar-refractivity contribution < 1.29 is 5.11 Å². The predicted octanol–water partition coefficient (Wildman–Crippen LogP) is 2.95. The van der Waals surface area contributed by atoms with E-state index >= 15 is 0 Å². The Morgan fingerprint density at radius 1 is 1.12 bits per heavy atom. The van der Waals surface area contributed by atoms with Crippen LogP contribution >= 0.6 is 0 Å². The van der Waals surface area contributed by atoms with E-state index in [-0.39, 0.29) is 0 Å². The van der Waals surface area contributed by atoms with Crippen LogP contribution in [0.3, 0.4) is 0 Å². The molecule has 0 aliphatic heterocycles. The molecule has 96 valence electrons. The monoisotopic (exact) mass is 227 g/mol. The quantitative estimate of drug-likeness (QED) is 0.601. The van der Waals surface area contributed by atoms with Crippen molar-refractivity contribution in [1.82, 2.24) is 5.32 Å². The summed E-state index contributed by atoms with van der Waals surface area (Å²) in [4.78, 5) is 0. The fraction of sp³-hybridized carbons (Fsp3) is 1.00. The first kappa shape index (κ1) is 14.0. The summed E-state index contributed by atoms with van der Waals surface area (Å²) in [5.74, 6) is 1.63.